The van der Waals surface area contributed by atoms with Gasteiger partial charge < -0.3 is 14.9 Å². The van der Waals surface area contributed by atoms with Crippen LogP contribution in [0, 0.1) is 17.8 Å². The van der Waals surface area contributed by atoms with Gasteiger partial charge in [-0.3, -0.25) is 0 Å². The molecule has 4 atom stereocenters. The zero-order valence-electron chi connectivity index (χ0n) is 10.7. The van der Waals surface area contributed by atoms with Crippen molar-refractivity contribution in [3.8, 4) is 0 Å². The molecule has 16 heavy (non-hydrogen) atoms. The summed E-state index contributed by atoms with van der Waals surface area (Å²) in [5, 5.41) is 18.1. The molecular formula is C13H26O3. The lowest BCUT2D eigenvalue weighted by atomic mass is 9.75. The molecule has 1 unspecified atom stereocenters. The van der Waals surface area contributed by atoms with Gasteiger partial charge in [-0.1, -0.05) is 27.2 Å². The van der Waals surface area contributed by atoms with Crippen molar-refractivity contribution in [2.45, 2.75) is 52.2 Å². The van der Waals surface area contributed by atoms with Crippen LogP contribution in [-0.2, 0) is 4.74 Å². The Morgan fingerprint density at radius 1 is 1.31 bits per heavy atom. The summed E-state index contributed by atoms with van der Waals surface area (Å²) in [6, 6.07) is 0. The molecule has 0 aliphatic heterocycles. The molecule has 0 saturated heterocycles. The lowest BCUT2D eigenvalue weighted by Gasteiger charge is -2.37. The third kappa shape index (κ3) is 4.04. The summed E-state index contributed by atoms with van der Waals surface area (Å²) in [5.74, 6) is 1.94. The average molecular weight is 230 g/mol. The molecule has 0 aromatic carbocycles. The van der Waals surface area contributed by atoms with Crippen molar-refractivity contribution in [2.24, 2.45) is 17.8 Å². The van der Waals surface area contributed by atoms with Crippen LogP contribution in [0.15, 0.2) is 0 Å². The second-order valence-corrected chi connectivity index (χ2v) is 5.53. The molecule has 1 aliphatic carbocycles. The van der Waals surface area contributed by atoms with E-state index in [2.05, 4.69) is 20.8 Å². The van der Waals surface area contributed by atoms with E-state index in [0.29, 0.717) is 17.8 Å². The quantitative estimate of drug-likeness (QED) is 0.757. The molecule has 2 N–H and O–H groups in total. The SMILES string of the molecule is CC(C)[C@@H]1CC[C@@H](C)C[C@H]1OCC(O)CO. The Bertz CT molecular complexity index is 194. The van der Waals surface area contributed by atoms with Crippen molar-refractivity contribution in [3.63, 3.8) is 0 Å². The minimum atomic E-state index is -0.731. The topological polar surface area (TPSA) is 49.7 Å². The highest BCUT2D eigenvalue weighted by atomic mass is 16.5. The van der Waals surface area contributed by atoms with Crippen LogP contribution >= 0.6 is 0 Å². The minimum Gasteiger partial charge on any atom is -0.394 e. The summed E-state index contributed by atoms with van der Waals surface area (Å²) < 4.78 is 5.77. The van der Waals surface area contributed by atoms with Crippen LogP contribution in [0.3, 0.4) is 0 Å². The lowest BCUT2D eigenvalue weighted by Crippen LogP contribution is -2.36. The number of aliphatic hydroxyl groups excluding tert-OH is 2. The molecule has 96 valence electrons. The molecule has 1 aliphatic rings. The molecule has 1 rings (SSSR count). The predicted molar refractivity (Wildman–Crippen MR) is 64.2 cm³/mol. The van der Waals surface area contributed by atoms with E-state index in [1.807, 2.05) is 0 Å². The Kier molecular flexibility index (Phi) is 5.73. The maximum Gasteiger partial charge on any atom is 0.100 e. The monoisotopic (exact) mass is 230 g/mol. The Morgan fingerprint density at radius 3 is 2.56 bits per heavy atom. The fourth-order valence-electron chi connectivity index (χ4n) is 2.59. The Morgan fingerprint density at radius 2 is 2.00 bits per heavy atom. The van der Waals surface area contributed by atoms with Gasteiger partial charge in [-0.2, -0.15) is 0 Å². The van der Waals surface area contributed by atoms with E-state index >= 15 is 0 Å². The summed E-state index contributed by atoms with van der Waals surface area (Å²) >= 11 is 0. The van der Waals surface area contributed by atoms with Crippen molar-refractivity contribution < 1.29 is 14.9 Å². The van der Waals surface area contributed by atoms with Gasteiger partial charge in [-0.05, 0) is 30.6 Å². The highest BCUT2D eigenvalue weighted by molar-refractivity contribution is 4.81. The molecule has 1 fully saturated rings. The number of hydrogen-bond acceptors (Lipinski definition) is 3. The lowest BCUT2D eigenvalue weighted by molar-refractivity contribution is -0.0776. The van der Waals surface area contributed by atoms with E-state index < -0.39 is 6.10 Å². The van der Waals surface area contributed by atoms with Gasteiger partial charge in [0.2, 0.25) is 0 Å². The largest absolute Gasteiger partial charge is 0.394 e. The second-order valence-electron chi connectivity index (χ2n) is 5.53. The summed E-state index contributed by atoms with van der Waals surface area (Å²) in [5.41, 5.74) is 0. The van der Waals surface area contributed by atoms with Crippen LogP contribution in [0.25, 0.3) is 0 Å². The van der Waals surface area contributed by atoms with Crippen LogP contribution in [0.5, 0.6) is 0 Å². The fraction of sp³-hybridized carbons (Fsp3) is 1.00. The van der Waals surface area contributed by atoms with Crippen LogP contribution in [0.2, 0.25) is 0 Å². The van der Waals surface area contributed by atoms with Gasteiger partial charge in [0.1, 0.15) is 6.10 Å². The summed E-state index contributed by atoms with van der Waals surface area (Å²) in [6.45, 7) is 6.78. The molecule has 0 bridgehead atoms. The van der Waals surface area contributed by atoms with E-state index in [4.69, 9.17) is 9.84 Å². The standard InChI is InChI=1S/C13H26O3/c1-9(2)12-5-4-10(3)6-13(12)16-8-11(15)7-14/h9-15H,4-8H2,1-3H3/t10-,11?,12+,13-/m1/s1. The maximum absolute atomic E-state index is 9.30. The Hall–Kier alpha value is -0.120. The molecule has 0 heterocycles. The number of ether oxygens (including phenoxy) is 1. The van der Waals surface area contributed by atoms with Gasteiger partial charge >= 0.3 is 0 Å². The summed E-state index contributed by atoms with van der Waals surface area (Å²) in [6.07, 6.45) is 3.11. The first-order chi connectivity index (χ1) is 7.54. The van der Waals surface area contributed by atoms with Gasteiger partial charge in [0.05, 0.1) is 19.3 Å². The van der Waals surface area contributed by atoms with Crippen molar-refractivity contribution in [1.29, 1.82) is 0 Å². The zero-order chi connectivity index (χ0) is 12.1. The molecule has 0 aromatic rings. The first-order valence-electron chi connectivity index (χ1n) is 6.45. The first kappa shape index (κ1) is 13.9. The predicted octanol–water partition coefficient (Wildman–Crippen LogP) is 1.82. The first-order valence-corrected chi connectivity index (χ1v) is 6.45. The smallest absolute Gasteiger partial charge is 0.100 e. The molecule has 1 saturated carbocycles. The molecule has 0 amide bonds. The average Bonchev–Trinajstić information content (AvgIpc) is 2.25. The normalized spacial score (nSPS) is 33.0. The Balaban J connectivity index is 2.44. The van der Waals surface area contributed by atoms with E-state index in [-0.39, 0.29) is 19.3 Å². The third-order valence-electron chi connectivity index (χ3n) is 3.67. The van der Waals surface area contributed by atoms with Crippen LogP contribution in [-0.4, -0.2) is 35.6 Å². The third-order valence-corrected chi connectivity index (χ3v) is 3.67. The molecular weight excluding hydrogens is 204 g/mol. The fourth-order valence-corrected chi connectivity index (χ4v) is 2.59. The second kappa shape index (κ2) is 6.58. The molecule has 0 radical (unpaired) electrons. The highest BCUT2D eigenvalue weighted by Gasteiger charge is 2.31. The number of hydrogen-bond donors (Lipinski definition) is 2. The maximum atomic E-state index is 9.30. The van der Waals surface area contributed by atoms with E-state index in [0.717, 1.165) is 6.42 Å². The molecule has 0 aromatic heterocycles. The van der Waals surface area contributed by atoms with E-state index in [1.54, 1.807) is 0 Å². The van der Waals surface area contributed by atoms with Crippen LogP contribution in [0.4, 0.5) is 0 Å². The van der Waals surface area contributed by atoms with Gasteiger partial charge in [0.15, 0.2) is 0 Å². The number of aliphatic hydroxyl groups is 2. The van der Waals surface area contributed by atoms with Gasteiger partial charge in [0.25, 0.3) is 0 Å². The van der Waals surface area contributed by atoms with Crippen molar-refractivity contribution >= 4 is 0 Å². The summed E-state index contributed by atoms with van der Waals surface area (Å²) in [4.78, 5) is 0. The van der Waals surface area contributed by atoms with Gasteiger partial charge in [-0.15, -0.1) is 0 Å². The van der Waals surface area contributed by atoms with E-state index in [9.17, 15) is 5.11 Å². The minimum absolute atomic E-state index is 0.214. The number of rotatable bonds is 5. The molecule has 3 heteroatoms. The Labute approximate surface area is 98.8 Å². The molecule has 0 spiro atoms. The molecule has 3 nitrogen and oxygen atoms in total. The van der Waals surface area contributed by atoms with Crippen molar-refractivity contribution in [2.75, 3.05) is 13.2 Å². The van der Waals surface area contributed by atoms with Crippen molar-refractivity contribution in [3.05, 3.63) is 0 Å². The zero-order valence-corrected chi connectivity index (χ0v) is 10.7. The van der Waals surface area contributed by atoms with Crippen LogP contribution in [0.1, 0.15) is 40.0 Å². The van der Waals surface area contributed by atoms with Crippen molar-refractivity contribution in [1.82, 2.24) is 0 Å². The van der Waals surface area contributed by atoms with Gasteiger partial charge in [-0.25, -0.2) is 0 Å². The highest BCUT2D eigenvalue weighted by Crippen LogP contribution is 2.35. The van der Waals surface area contributed by atoms with E-state index in [1.165, 1.54) is 12.8 Å². The van der Waals surface area contributed by atoms with Gasteiger partial charge in [0, 0.05) is 0 Å². The van der Waals surface area contributed by atoms with Crippen LogP contribution < -0.4 is 0 Å². The summed E-state index contributed by atoms with van der Waals surface area (Å²) in [7, 11) is 0.